The van der Waals surface area contributed by atoms with Crippen LogP contribution >= 0.6 is 7.82 Å². The number of allylic oxidation sites excluding steroid dienone is 9. The van der Waals surface area contributed by atoms with Gasteiger partial charge in [-0.3, -0.25) is 9.36 Å². The number of hydrogen-bond acceptors (Lipinski definition) is 6. The lowest BCUT2D eigenvalue weighted by Gasteiger charge is -2.29. The van der Waals surface area contributed by atoms with Crippen molar-refractivity contribution < 1.29 is 32.9 Å². The number of hydrogen-bond donors (Lipinski definition) is 2. The van der Waals surface area contributed by atoms with Gasteiger partial charge in [-0.1, -0.05) is 184 Å². The zero-order valence-corrected chi connectivity index (χ0v) is 37.0. The highest BCUT2D eigenvalue weighted by Gasteiger charge is 2.23. The van der Waals surface area contributed by atoms with Crippen LogP contribution in [-0.2, 0) is 18.4 Å². The second kappa shape index (κ2) is 37.8. The molecule has 0 saturated heterocycles. The van der Waals surface area contributed by atoms with Crippen LogP contribution in [0.15, 0.2) is 60.8 Å². The number of aliphatic hydroxyl groups excluding tert-OH is 1. The van der Waals surface area contributed by atoms with Crippen LogP contribution in [0.25, 0.3) is 0 Å². The van der Waals surface area contributed by atoms with E-state index in [1.54, 1.807) is 6.08 Å². The predicted molar refractivity (Wildman–Crippen MR) is 233 cm³/mol. The molecule has 9 heteroatoms. The summed E-state index contributed by atoms with van der Waals surface area (Å²) in [5.74, 6) is -0.279. The molecule has 0 aromatic carbocycles. The fourth-order valence-electron chi connectivity index (χ4n) is 5.99. The lowest BCUT2D eigenvalue weighted by molar-refractivity contribution is -0.870. The molecule has 55 heavy (non-hydrogen) atoms. The molecule has 0 radical (unpaired) electrons. The van der Waals surface area contributed by atoms with Gasteiger partial charge in [-0.15, -0.1) is 0 Å². The number of nitrogens with zero attached hydrogens (tertiary/aromatic N) is 1. The minimum absolute atomic E-state index is 0.0158. The van der Waals surface area contributed by atoms with Crippen LogP contribution in [-0.4, -0.2) is 68.5 Å². The van der Waals surface area contributed by atoms with Crippen molar-refractivity contribution in [3.8, 4) is 0 Å². The topological polar surface area (TPSA) is 108 Å². The first-order chi connectivity index (χ1) is 26.5. The number of phosphoric ester groups is 1. The summed E-state index contributed by atoms with van der Waals surface area (Å²) in [7, 11) is 1.21. The van der Waals surface area contributed by atoms with Crippen molar-refractivity contribution in [3.05, 3.63) is 60.8 Å². The molecular formula is C46H85N2O6P. The monoisotopic (exact) mass is 793 g/mol. The average Bonchev–Trinajstić information content (AvgIpc) is 3.13. The second-order valence-corrected chi connectivity index (χ2v) is 17.4. The van der Waals surface area contributed by atoms with Crippen molar-refractivity contribution in [2.24, 2.45) is 0 Å². The van der Waals surface area contributed by atoms with E-state index in [0.717, 1.165) is 44.9 Å². The maximum Gasteiger partial charge on any atom is 0.268 e. The summed E-state index contributed by atoms with van der Waals surface area (Å²) in [5, 5.41) is 13.7. The van der Waals surface area contributed by atoms with E-state index in [1.165, 1.54) is 103 Å². The summed E-state index contributed by atoms with van der Waals surface area (Å²) in [6.07, 6.45) is 48.6. The van der Waals surface area contributed by atoms with Gasteiger partial charge in [0.05, 0.1) is 39.9 Å². The van der Waals surface area contributed by atoms with E-state index in [9.17, 15) is 19.4 Å². The highest BCUT2D eigenvalue weighted by atomic mass is 31.2. The Morgan fingerprint density at radius 2 is 1.11 bits per heavy atom. The minimum Gasteiger partial charge on any atom is -0.756 e. The largest absolute Gasteiger partial charge is 0.756 e. The van der Waals surface area contributed by atoms with Gasteiger partial charge < -0.3 is 28.8 Å². The van der Waals surface area contributed by atoms with Crippen LogP contribution in [0.1, 0.15) is 174 Å². The van der Waals surface area contributed by atoms with Gasteiger partial charge in [0.25, 0.3) is 7.82 Å². The molecule has 3 unspecified atom stereocenters. The number of quaternary nitrogens is 1. The van der Waals surface area contributed by atoms with Crippen LogP contribution in [0, 0.1) is 0 Å². The summed E-state index contributed by atoms with van der Waals surface area (Å²) in [6, 6.07) is -0.925. The van der Waals surface area contributed by atoms with Crippen LogP contribution < -0.4 is 10.2 Å². The SMILES string of the molecule is CC/C=C\C/C=C\C/C=C\C/C=C\CCC(=O)NC(COP(=O)([O-])OCC[N+](C)(C)C)C(O)/C=C/CCCCCCCCCCCCCCCCCCCC. The number of carbonyl (C=O) groups excluding carboxylic acids is 1. The van der Waals surface area contributed by atoms with Gasteiger partial charge in [0.15, 0.2) is 0 Å². The van der Waals surface area contributed by atoms with Crippen molar-refractivity contribution in [2.45, 2.75) is 187 Å². The maximum atomic E-state index is 12.8. The first-order valence-corrected chi connectivity index (χ1v) is 23.6. The van der Waals surface area contributed by atoms with E-state index in [4.69, 9.17) is 9.05 Å². The molecule has 0 aliphatic heterocycles. The zero-order chi connectivity index (χ0) is 40.7. The molecule has 0 saturated carbocycles. The van der Waals surface area contributed by atoms with E-state index < -0.39 is 26.6 Å². The van der Waals surface area contributed by atoms with Crippen LogP contribution in [0.2, 0.25) is 0 Å². The Hall–Kier alpha value is -1.80. The van der Waals surface area contributed by atoms with Gasteiger partial charge in [-0.05, 0) is 44.9 Å². The first-order valence-electron chi connectivity index (χ1n) is 22.2. The van der Waals surface area contributed by atoms with Gasteiger partial charge in [0.1, 0.15) is 13.2 Å². The molecular weight excluding hydrogens is 707 g/mol. The molecule has 8 nitrogen and oxygen atoms in total. The van der Waals surface area contributed by atoms with E-state index >= 15 is 0 Å². The van der Waals surface area contributed by atoms with Crippen molar-refractivity contribution in [1.29, 1.82) is 0 Å². The van der Waals surface area contributed by atoms with Crippen molar-refractivity contribution in [3.63, 3.8) is 0 Å². The number of nitrogens with one attached hydrogen (secondary N) is 1. The Labute approximate surface area is 339 Å². The molecule has 0 aromatic heterocycles. The number of phosphoric acid groups is 1. The highest BCUT2D eigenvalue weighted by Crippen LogP contribution is 2.38. The number of aliphatic hydroxyl groups is 1. The predicted octanol–water partition coefficient (Wildman–Crippen LogP) is 11.6. The highest BCUT2D eigenvalue weighted by molar-refractivity contribution is 7.45. The minimum atomic E-state index is -4.61. The van der Waals surface area contributed by atoms with Gasteiger partial charge in [-0.2, -0.15) is 0 Å². The standard InChI is InChI=1S/C46H85N2O6P/c1-6-8-10-12-14-16-18-20-21-22-23-24-25-26-28-29-31-33-35-37-39-45(49)44(43-54-55(51,52)53-42-41-48(3,4)5)47-46(50)40-38-36-34-32-30-27-19-17-15-13-11-9-7-2/h9,11,15,17,27,30,34,36-37,39,44-45,49H,6-8,10,12-14,16,18-26,28-29,31-33,35,38,40-43H2,1-5H3,(H-,47,50,51,52)/b11-9-,17-15-,30-27-,36-34-,39-37+. The van der Waals surface area contributed by atoms with E-state index in [-0.39, 0.29) is 18.9 Å². The fourth-order valence-corrected chi connectivity index (χ4v) is 6.71. The number of carbonyl (C=O) groups is 1. The van der Waals surface area contributed by atoms with E-state index in [1.807, 2.05) is 39.4 Å². The molecule has 0 aliphatic carbocycles. The van der Waals surface area contributed by atoms with Crippen molar-refractivity contribution in [2.75, 3.05) is 40.9 Å². The second-order valence-electron chi connectivity index (χ2n) is 16.0. The molecule has 3 atom stereocenters. The number of rotatable bonds is 39. The van der Waals surface area contributed by atoms with Gasteiger partial charge in [0.2, 0.25) is 5.91 Å². The third-order valence-corrected chi connectivity index (χ3v) is 10.5. The van der Waals surface area contributed by atoms with Gasteiger partial charge in [-0.25, -0.2) is 0 Å². The van der Waals surface area contributed by atoms with E-state index in [0.29, 0.717) is 17.4 Å². The Morgan fingerprint density at radius 1 is 0.655 bits per heavy atom. The number of unbranched alkanes of at least 4 members (excludes halogenated alkanes) is 18. The average molecular weight is 793 g/mol. The van der Waals surface area contributed by atoms with Crippen LogP contribution in [0.4, 0.5) is 0 Å². The molecule has 0 aromatic rings. The molecule has 0 fully saturated rings. The van der Waals surface area contributed by atoms with Gasteiger partial charge in [0, 0.05) is 6.42 Å². The Morgan fingerprint density at radius 3 is 1.58 bits per heavy atom. The molecule has 0 rings (SSSR count). The molecule has 0 aliphatic rings. The zero-order valence-electron chi connectivity index (χ0n) is 36.1. The molecule has 2 N–H and O–H groups in total. The Balaban J connectivity index is 4.48. The molecule has 0 heterocycles. The lowest BCUT2D eigenvalue weighted by Crippen LogP contribution is -2.45. The van der Waals surface area contributed by atoms with Crippen LogP contribution in [0.3, 0.4) is 0 Å². The lowest BCUT2D eigenvalue weighted by atomic mass is 10.0. The summed E-state index contributed by atoms with van der Waals surface area (Å²) in [4.78, 5) is 25.2. The number of likely N-dealkylation sites (N-methyl/N-ethyl adjacent to an activating group) is 1. The third-order valence-electron chi connectivity index (χ3n) is 9.50. The summed E-state index contributed by atoms with van der Waals surface area (Å²) in [5.41, 5.74) is 0. The summed E-state index contributed by atoms with van der Waals surface area (Å²) < 4.78 is 23.1. The molecule has 1 amide bonds. The fraction of sp³-hybridized carbons (Fsp3) is 0.761. The molecule has 0 bridgehead atoms. The van der Waals surface area contributed by atoms with Gasteiger partial charge >= 0.3 is 0 Å². The Bertz CT molecular complexity index is 1080. The first kappa shape index (κ1) is 53.2. The number of amides is 1. The smallest absolute Gasteiger partial charge is 0.268 e. The molecule has 320 valence electrons. The van der Waals surface area contributed by atoms with Crippen LogP contribution in [0.5, 0.6) is 0 Å². The normalized spacial score (nSPS) is 15.0. The summed E-state index contributed by atoms with van der Waals surface area (Å²) in [6.45, 7) is 4.46. The maximum absolute atomic E-state index is 12.8. The molecule has 0 spiro atoms. The third kappa shape index (κ3) is 40.2. The summed E-state index contributed by atoms with van der Waals surface area (Å²) >= 11 is 0. The van der Waals surface area contributed by atoms with Crippen molar-refractivity contribution >= 4 is 13.7 Å². The quantitative estimate of drug-likeness (QED) is 0.0278. The van der Waals surface area contributed by atoms with E-state index in [2.05, 4.69) is 55.6 Å². The Kier molecular flexibility index (Phi) is 36.5. The van der Waals surface area contributed by atoms with Crippen molar-refractivity contribution in [1.82, 2.24) is 5.32 Å².